The van der Waals surface area contributed by atoms with Gasteiger partial charge in [0, 0.05) is 41.8 Å². The Morgan fingerprint density at radius 1 is 1.31 bits per heavy atom. The number of aromatic nitrogens is 2. The van der Waals surface area contributed by atoms with Crippen molar-refractivity contribution in [3.63, 3.8) is 0 Å². The van der Waals surface area contributed by atoms with Gasteiger partial charge in [-0.15, -0.1) is 46.7 Å². The fraction of sp³-hybridized carbons (Fsp3) is 0.500. The molecule has 0 spiro atoms. The highest BCUT2D eigenvalue weighted by molar-refractivity contribution is 14.0. The number of imidazole rings is 1. The SMILES string of the molecule is CCNC(=NCc1cn2ccsc2n1)NCC1CCCN(C)C1c1cccs1.I. The predicted molar refractivity (Wildman–Crippen MR) is 134 cm³/mol. The number of rotatable bonds is 6. The van der Waals surface area contributed by atoms with Crippen molar-refractivity contribution in [2.75, 3.05) is 26.7 Å². The van der Waals surface area contributed by atoms with Crippen LogP contribution in [0.15, 0.2) is 40.3 Å². The maximum atomic E-state index is 4.76. The first-order chi connectivity index (χ1) is 13.7. The molecule has 2 atom stereocenters. The zero-order valence-corrected chi connectivity index (χ0v) is 20.8. The number of thiazole rings is 1. The zero-order valence-electron chi connectivity index (χ0n) is 16.9. The number of nitrogens with zero attached hydrogens (tertiary/aromatic N) is 4. The van der Waals surface area contributed by atoms with E-state index >= 15 is 0 Å². The van der Waals surface area contributed by atoms with E-state index in [2.05, 4.69) is 62.6 Å². The largest absolute Gasteiger partial charge is 0.357 e. The lowest BCUT2D eigenvalue weighted by atomic mass is 9.88. The Bertz CT molecular complexity index is 875. The molecule has 0 saturated carbocycles. The minimum atomic E-state index is 0. The summed E-state index contributed by atoms with van der Waals surface area (Å²) < 4.78 is 2.05. The van der Waals surface area contributed by atoms with Crippen LogP contribution in [0.3, 0.4) is 0 Å². The van der Waals surface area contributed by atoms with E-state index in [4.69, 9.17) is 4.99 Å². The highest BCUT2D eigenvalue weighted by Crippen LogP contribution is 2.36. The van der Waals surface area contributed by atoms with Crippen molar-refractivity contribution in [1.82, 2.24) is 24.9 Å². The van der Waals surface area contributed by atoms with E-state index in [0.717, 1.165) is 29.7 Å². The Hall–Kier alpha value is -1.17. The summed E-state index contributed by atoms with van der Waals surface area (Å²) in [6, 6.07) is 4.92. The Balaban J connectivity index is 0.00000240. The zero-order chi connectivity index (χ0) is 19.3. The third-order valence-corrected chi connectivity index (χ3v) is 6.97. The quantitative estimate of drug-likeness (QED) is 0.277. The summed E-state index contributed by atoms with van der Waals surface area (Å²) in [5.74, 6) is 1.45. The number of likely N-dealkylation sites (tertiary alicyclic amines) is 1. The molecule has 0 amide bonds. The fourth-order valence-electron chi connectivity index (χ4n) is 3.96. The maximum Gasteiger partial charge on any atom is 0.193 e. The van der Waals surface area contributed by atoms with Crippen molar-refractivity contribution in [1.29, 1.82) is 0 Å². The number of piperidine rings is 1. The highest BCUT2D eigenvalue weighted by atomic mass is 127. The van der Waals surface area contributed by atoms with Crippen molar-refractivity contribution in [2.45, 2.75) is 32.4 Å². The molecule has 0 aliphatic carbocycles. The molecule has 0 aromatic carbocycles. The Morgan fingerprint density at radius 2 is 2.21 bits per heavy atom. The van der Waals surface area contributed by atoms with Crippen LogP contribution in [0.5, 0.6) is 0 Å². The number of aliphatic imine (C=N–C) groups is 1. The molecular formula is C20H29IN6S2. The van der Waals surface area contributed by atoms with Crippen molar-refractivity contribution < 1.29 is 0 Å². The molecular weight excluding hydrogens is 515 g/mol. The molecule has 0 bridgehead atoms. The maximum absolute atomic E-state index is 4.76. The van der Waals surface area contributed by atoms with Crippen molar-refractivity contribution in [2.24, 2.45) is 10.9 Å². The average molecular weight is 545 g/mol. The molecule has 158 valence electrons. The van der Waals surface area contributed by atoms with Gasteiger partial charge >= 0.3 is 0 Å². The van der Waals surface area contributed by atoms with Gasteiger partial charge in [-0.3, -0.25) is 9.30 Å². The van der Waals surface area contributed by atoms with Gasteiger partial charge in [0.1, 0.15) is 0 Å². The van der Waals surface area contributed by atoms with E-state index in [0.29, 0.717) is 18.5 Å². The van der Waals surface area contributed by atoms with Gasteiger partial charge in [0.25, 0.3) is 0 Å². The number of fused-ring (bicyclic) bond motifs is 1. The van der Waals surface area contributed by atoms with E-state index in [-0.39, 0.29) is 24.0 Å². The molecule has 1 aliphatic heterocycles. The Morgan fingerprint density at radius 3 is 2.97 bits per heavy atom. The molecule has 29 heavy (non-hydrogen) atoms. The van der Waals surface area contributed by atoms with Crippen molar-refractivity contribution in [3.8, 4) is 0 Å². The smallest absolute Gasteiger partial charge is 0.193 e. The Kier molecular flexibility index (Phi) is 8.34. The van der Waals surface area contributed by atoms with Crippen molar-refractivity contribution in [3.05, 3.63) is 45.9 Å². The van der Waals surface area contributed by atoms with Gasteiger partial charge in [-0.1, -0.05) is 6.07 Å². The monoisotopic (exact) mass is 544 g/mol. The van der Waals surface area contributed by atoms with Crippen LogP contribution in [0, 0.1) is 5.92 Å². The fourth-order valence-corrected chi connectivity index (χ4v) is 5.67. The predicted octanol–water partition coefficient (Wildman–Crippen LogP) is 4.21. The summed E-state index contributed by atoms with van der Waals surface area (Å²) >= 11 is 3.52. The summed E-state index contributed by atoms with van der Waals surface area (Å²) in [5.41, 5.74) is 0.998. The molecule has 1 saturated heterocycles. The molecule has 1 fully saturated rings. The molecule has 2 unspecified atom stereocenters. The first-order valence-corrected chi connectivity index (χ1v) is 11.7. The molecule has 9 heteroatoms. The molecule has 4 rings (SSSR count). The number of halogens is 1. The van der Waals surface area contributed by atoms with Crippen LogP contribution < -0.4 is 10.6 Å². The standard InChI is InChI=1S/C20H28N6S2.HI/c1-3-21-19(23-13-16-14-26-9-11-28-20(26)24-16)22-12-15-6-4-8-25(2)18(15)17-7-5-10-27-17;/h5,7,9-11,14-15,18H,3-4,6,8,12-13H2,1-2H3,(H2,21,22,23);1H. The van der Waals surface area contributed by atoms with E-state index in [1.165, 1.54) is 24.3 Å². The van der Waals surface area contributed by atoms with Crippen LogP contribution in [0.4, 0.5) is 0 Å². The third-order valence-electron chi connectivity index (χ3n) is 5.26. The molecule has 0 radical (unpaired) electrons. The summed E-state index contributed by atoms with van der Waals surface area (Å²) in [6.45, 7) is 5.64. The van der Waals surface area contributed by atoms with Gasteiger partial charge in [-0.05, 0) is 50.7 Å². The molecule has 4 heterocycles. The molecule has 2 N–H and O–H groups in total. The second kappa shape index (κ2) is 10.7. The van der Waals surface area contributed by atoms with Crippen LogP contribution in [-0.4, -0.2) is 46.9 Å². The lowest BCUT2D eigenvalue weighted by molar-refractivity contribution is 0.125. The van der Waals surface area contributed by atoms with Crippen LogP contribution >= 0.6 is 46.7 Å². The molecule has 1 aliphatic rings. The molecule has 6 nitrogen and oxygen atoms in total. The molecule has 3 aromatic heterocycles. The first kappa shape index (κ1) is 22.5. The normalized spacial score (nSPS) is 20.6. The van der Waals surface area contributed by atoms with E-state index in [9.17, 15) is 0 Å². The van der Waals surface area contributed by atoms with Gasteiger partial charge in [0.05, 0.1) is 12.2 Å². The van der Waals surface area contributed by atoms with E-state index < -0.39 is 0 Å². The number of hydrogen-bond donors (Lipinski definition) is 2. The second-order valence-corrected chi connectivity index (χ2v) is 9.10. The topological polar surface area (TPSA) is 57.0 Å². The highest BCUT2D eigenvalue weighted by Gasteiger charge is 2.31. The van der Waals surface area contributed by atoms with Crippen LogP contribution in [0.25, 0.3) is 4.96 Å². The Labute approximate surface area is 197 Å². The third kappa shape index (κ3) is 5.50. The number of hydrogen-bond acceptors (Lipinski definition) is 5. The second-order valence-electron chi connectivity index (χ2n) is 7.24. The van der Waals surface area contributed by atoms with Crippen LogP contribution in [0.2, 0.25) is 0 Å². The van der Waals surface area contributed by atoms with Crippen LogP contribution in [0.1, 0.15) is 36.4 Å². The summed E-state index contributed by atoms with van der Waals surface area (Å²) in [7, 11) is 2.25. The summed E-state index contributed by atoms with van der Waals surface area (Å²) in [4.78, 5) is 14.4. The van der Waals surface area contributed by atoms with Crippen LogP contribution in [-0.2, 0) is 6.54 Å². The summed E-state index contributed by atoms with van der Waals surface area (Å²) in [6.07, 6.45) is 6.59. The molecule has 3 aromatic rings. The van der Waals surface area contributed by atoms with Crippen molar-refractivity contribution >= 4 is 57.6 Å². The van der Waals surface area contributed by atoms with E-state index in [1.807, 2.05) is 22.9 Å². The minimum absolute atomic E-state index is 0. The first-order valence-electron chi connectivity index (χ1n) is 9.91. The van der Waals surface area contributed by atoms with Gasteiger partial charge in [-0.2, -0.15) is 0 Å². The van der Waals surface area contributed by atoms with E-state index in [1.54, 1.807) is 11.3 Å². The van der Waals surface area contributed by atoms with Gasteiger partial charge in [0.2, 0.25) is 0 Å². The number of nitrogens with one attached hydrogen (secondary N) is 2. The number of guanidine groups is 1. The lowest BCUT2D eigenvalue weighted by Gasteiger charge is -2.39. The summed E-state index contributed by atoms with van der Waals surface area (Å²) in [5, 5.41) is 11.2. The average Bonchev–Trinajstić information content (AvgIpc) is 3.41. The number of thiophene rings is 1. The van der Waals surface area contributed by atoms with Gasteiger partial charge in [0.15, 0.2) is 10.9 Å². The lowest BCUT2D eigenvalue weighted by Crippen LogP contribution is -2.44. The minimum Gasteiger partial charge on any atom is -0.357 e. The van der Waals surface area contributed by atoms with Gasteiger partial charge in [-0.25, -0.2) is 9.98 Å². The van der Waals surface area contributed by atoms with Gasteiger partial charge < -0.3 is 10.6 Å².